The Labute approximate surface area is 230 Å². The molecule has 10 nitrogen and oxygen atoms in total. The summed E-state index contributed by atoms with van der Waals surface area (Å²) in [6.45, 7) is 3.17. The SMILES string of the molecule is CC(C)(O)[C@H](F)CN(c1cc(-c2ccc3cc(C#N)cnn23)ncc1C(N)=O)C1CC(Cn2ccccc2=O)C1. The molecule has 1 aliphatic rings. The van der Waals surface area contributed by atoms with Crippen molar-refractivity contribution in [1.82, 2.24) is 19.2 Å². The minimum Gasteiger partial charge on any atom is -0.387 e. The summed E-state index contributed by atoms with van der Waals surface area (Å²) < 4.78 is 18.6. The second kappa shape index (κ2) is 10.5. The maximum absolute atomic E-state index is 15.3. The largest absolute Gasteiger partial charge is 0.387 e. The number of fused-ring (bicyclic) bond motifs is 1. The van der Waals surface area contributed by atoms with E-state index in [1.165, 1.54) is 32.3 Å². The molecule has 0 aromatic carbocycles. The fraction of sp³-hybridized carbons (Fsp3) is 0.345. The van der Waals surface area contributed by atoms with Gasteiger partial charge in [-0.2, -0.15) is 10.4 Å². The fourth-order valence-electron chi connectivity index (χ4n) is 5.10. The van der Waals surface area contributed by atoms with Crippen LogP contribution in [0.3, 0.4) is 0 Å². The zero-order valence-corrected chi connectivity index (χ0v) is 22.2. The summed E-state index contributed by atoms with van der Waals surface area (Å²) in [6, 6.07) is 13.9. The summed E-state index contributed by atoms with van der Waals surface area (Å²) in [5.41, 5.74) is 6.78. The molecule has 5 rings (SSSR count). The number of carbonyl (C=O) groups is 1. The van der Waals surface area contributed by atoms with Gasteiger partial charge >= 0.3 is 0 Å². The Morgan fingerprint density at radius 2 is 2.05 bits per heavy atom. The molecular weight excluding hydrogens is 513 g/mol. The minimum atomic E-state index is -1.62. The number of rotatable bonds is 9. The minimum absolute atomic E-state index is 0.0848. The third-order valence-corrected chi connectivity index (χ3v) is 7.48. The number of hydrogen-bond donors (Lipinski definition) is 2. The number of aromatic nitrogens is 4. The zero-order valence-electron chi connectivity index (χ0n) is 22.2. The average molecular weight is 544 g/mol. The number of carbonyl (C=O) groups excluding carboxylic acids is 1. The van der Waals surface area contributed by atoms with Gasteiger partial charge in [0.1, 0.15) is 12.2 Å². The number of anilines is 1. The molecule has 40 heavy (non-hydrogen) atoms. The summed E-state index contributed by atoms with van der Waals surface area (Å²) in [6.07, 6.45) is 4.26. The predicted octanol–water partition coefficient (Wildman–Crippen LogP) is 2.92. The van der Waals surface area contributed by atoms with Gasteiger partial charge in [-0.25, -0.2) is 8.91 Å². The van der Waals surface area contributed by atoms with Crippen molar-refractivity contribution in [2.45, 2.75) is 51.0 Å². The van der Waals surface area contributed by atoms with Crippen molar-refractivity contribution in [1.29, 1.82) is 5.26 Å². The molecule has 0 spiro atoms. The maximum Gasteiger partial charge on any atom is 0.252 e. The van der Waals surface area contributed by atoms with Crippen LogP contribution in [0.5, 0.6) is 0 Å². The van der Waals surface area contributed by atoms with Gasteiger partial charge in [-0.05, 0) is 62.9 Å². The molecular formula is C29H30FN7O3. The van der Waals surface area contributed by atoms with E-state index in [9.17, 15) is 20.0 Å². The average Bonchev–Trinajstić information content (AvgIpc) is 3.32. The van der Waals surface area contributed by atoms with Crippen LogP contribution in [0.25, 0.3) is 16.9 Å². The number of halogens is 1. The highest BCUT2D eigenvalue weighted by Gasteiger charge is 2.39. The maximum atomic E-state index is 15.3. The van der Waals surface area contributed by atoms with E-state index in [4.69, 9.17) is 5.73 Å². The third-order valence-electron chi connectivity index (χ3n) is 7.48. The van der Waals surface area contributed by atoms with E-state index in [0.717, 1.165) is 0 Å². The van der Waals surface area contributed by atoms with Gasteiger partial charge in [0.15, 0.2) is 0 Å². The number of nitrogens with two attached hydrogens (primary N) is 1. The summed E-state index contributed by atoms with van der Waals surface area (Å²) in [4.78, 5) is 30.9. The number of nitriles is 1. The Morgan fingerprint density at radius 3 is 2.73 bits per heavy atom. The molecule has 1 fully saturated rings. The number of hydrogen-bond acceptors (Lipinski definition) is 7. The molecule has 1 amide bonds. The van der Waals surface area contributed by atoms with E-state index in [2.05, 4.69) is 16.2 Å². The predicted molar refractivity (Wildman–Crippen MR) is 147 cm³/mol. The normalized spacial score (nSPS) is 17.7. The van der Waals surface area contributed by atoms with Gasteiger partial charge in [0, 0.05) is 31.0 Å². The van der Waals surface area contributed by atoms with Gasteiger partial charge in [0.05, 0.1) is 52.1 Å². The van der Waals surface area contributed by atoms with Gasteiger partial charge in [0.25, 0.3) is 11.5 Å². The Morgan fingerprint density at radius 1 is 1.27 bits per heavy atom. The van der Waals surface area contributed by atoms with E-state index in [0.29, 0.717) is 47.5 Å². The monoisotopic (exact) mass is 543 g/mol. The number of nitrogens with zero attached hydrogens (tertiary/aromatic N) is 6. The van der Waals surface area contributed by atoms with Gasteiger partial charge in [-0.1, -0.05) is 6.07 Å². The lowest BCUT2D eigenvalue weighted by Gasteiger charge is -2.46. The van der Waals surface area contributed by atoms with Crippen LogP contribution >= 0.6 is 0 Å². The lowest BCUT2D eigenvalue weighted by Crippen LogP contribution is -2.52. The lowest BCUT2D eigenvalue weighted by molar-refractivity contribution is -0.00147. The van der Waals surface area contributed by atoms with Crippen LogP contribution in [0.1, 0.15) is 42.6 Å². The van der Waals surface area contributed by atoms with Crippen LogP contribution in [0, 0.1) is 17.2 Å². The molecule has 0 unspecified atom stereocenters. The van der Waals surface area contributed by atoms with Crippen LogP contribution in [0.15, 0.2) is 65.8 Å². The summed E-state index contributed by atoms with van der Waals surface area (Å²) in [5.74, 6) is -0.527. The van der Waals surface area contributed by atoms with Crippen molar-refractivity contribution in [2.24, 2.45) is 11.7 Å². The van der Waals surface area contributed by atoms with Crippen LogP contribution in [-0.2, 0) is 6.54 Å². The number of pyridine rings is 2. The fourth-order valence-corrected chi connectivity index (χ4v) is 5.10. The van der Waals surface area contributed by atoms with Gasteiger partial charge in [-0.15, -0.1) is 0 Å². The topological polar surface area (TPSA) is 143 Å². The standard InChI is InChI=1S/C29H30FN7O3/c1-29(2,40)26(30)17-36(21-9-18(10-21)16-35-8-4-3-5-27(35)38)25-12-23(33-15-22(25)28(32)39)24-7-6-20-11-19(13-31)14-34-37(20)24/h3-8,11-12,14-15,18,21,26,40H,9-10,16-17H2,1-2H3,(H2,32,39)/t18?,21?,26-/m1/s1. The van der Waals surface area contributed by atoms with Crippen LogP contribution in [0.2, 0.25) is 0 Å². The zero-order chi connectivity index (χ0) is 28.6. The molecule has 0 bridgehead atoms. The molecule has 4 aromatic heterocycles. The summed E-state index contributed by atoms with van der Waals surface area (Å²) in [5, 5.41) is 23.9. The van der Waals surface area contributed by atoms with E-state index in [-0.39, 0.29) is 29.6 Å². The Kier molecular flexibility index (Phi) is 7.12. The number of aliphatic hydroxyl groups is 1. The van der Waals surface area contributed by atoms with Crippen LogP contribution < -0.4 is 16.2 Å². The summed E-state index contributed by atoms with van der Waals surface area (Å²) >= 11 is 0. The molecule has 4 heterocycles. The van der Waals surface area contributed by atoms with E-state index in [1.807, 2.05) is 0 Å². The van der Waals surface area contributed by atoms with Crippen molar-refractivity contribution in [2.75, 3.05) is 11.4 Å². The van der Waals surface area contributed by atoms with Gasteiger partial charge < -0.3 is 20.3 Å². The lowest BCUT2D eigenvalue weighted by atomic mass is 9.78. The Hall–Kier alpha value is -4.56. The molecule has 0 aliphatic heterocycles. The Balaban J connectivity index is 1.51. The highest BCUT2D eigenvalue weighted by atomic mass is 19.1. The quantitative estimate of drug-likeness (QED) is 0.330. The second-order valence-electron chi connectivity index (χ2n) is 10.8. The molecule has 0 radical (unpaired) electrons. The molecule has 206 valence electrons. The van der Waals surface area contributed by atoms with Gasteiger partial charge in [0.2, 0.25) is 0 Å². The first kappa shape index (κ1) is 27.0. The molecule has 0 saturated heterocycles. The second-order valence-corrected chi connectivity index (χ2v) is 10.8. The van der Waals surface area contributed by atoms with Crippen LogP contribution in [-0.4, -0.2) is 54.5 Å². The molecule has 11 heteroatoms. The van der Waals surface area contributed by atoms with E-state index < -0.39 is 17.7 Å². The smallest absolute Gasteiger partial charge is 0.252 e. The highest BCUT2D eigenvalue weighted by Crippen LogP contribution is 2.38. The van der Waals surface area contributed by atoms with Crippen molar-refractivity contribution in [3.05, 3.63) is 82.5 Å². The third kappa shape index (κ3) is 5.31. The van der Waals surface area contributed by atoms with Crippen molar-refractivity contribution in [3.63, 3.8) is 0 Å². The van der Waals surface area contributed by atoms with Crippen molar-refractivity contribution < 1.29 is 14.3 Å². The first-order chi connectivity index (χ1) is 19.0. The van der Waals surface area contributed by atoms with Crippen molar-refractivity contribution >= 4 is 17.1 Å². The molecule has 4 aromatic rings. The summed E-state index contributed by atoms with van der Waals surface area (Å²) in [7, 11) is 0. The highest BCUT2D eigenvalue weighted by molar-refractivity contribution is 5.99. The van der Waals surface area contributed by atoms with E-state index in [1.54, 1.807) is 56.6 Å². The molecule has 1 atom stereocenters. The molecule has 1 aliphatic carbocycles. The molecule has 1 saturated carbocycles. The first-order valence-corrected chi connectivity index (χ1v) is 13.0. The first-order valence-electron chi connectivity index (χ1n) is 13.0. The van der Waals surface area contributed by atoms with Gasteiger partial charge in [-0.3, -0.25) is 14.6 Å². The van der Waals surface area contributed by atoms with Crippen molar-refractivity contribution in [3.8, 4) is 17.5 Å². The molecule has 3 N–H and O–H groups in total. The van der Waals surface area contributed by atoms with Crippen LogP contribution in [0.4, 0.5) is 10.1 Å². The number of amides is 1. The Bertz CT molecular complexity index is 1660. The number of alkyl halides is 1. The van der Waals surface area contributed by atoms with E-state index >= 15 is 4.39 Å². The number of primary amides is 1.